The van der Waals surface area contributed by atoms with Gasteiger partial charge >= 0.3 is 0 Å². The molecule has 0 N–H and O–H groups in total. The van der Waals surface area contributed by atoms with Crippen molar-refractivity contribution in [3.8, 4) is 0 Å². The number of benzene rings is 2. The molecule has 1 aliphatic carbocycles. The Morgan fingerprint density at radius 2 is 1.55 bits per heavy atom. The van der Waals surface area contributed by atoms with Gasteiger partial charge in [0.25, 0.3) is 0 Å². The van der Waals surface area contributed by atoms with Gasteiger partial charge in [-0.1, -0.05) is 69.7 Å². The van der Waals surface area contributed by atoms with E-state index in [-0.39, 0.29) is 0 Å². The van der Waals surface area contributed by atoms with Crippen molar-refractivity contribution in [2.75, 3.05) is 0 Å². The molecule has 2 aromatic carbocycles. The highest BCUT2D eigenvalue weighted by atomic mass is 14.3. The third-order valence-electron chi connectivity index (χ3n) is 4.73. The minimum absolute atomic E-state index is 0.564. The molecule has 2 aromatic rings. The van der Waals surface area contributed by atoms with Crippen LogP contribution in [0.2, 0.25) is 0 Å². The molecule has 1 atom stereocenters. The van der Waals surface area contributed by atoms with Crippen LogP contribution in [0.5, 0.6) is 0 Å². The SMILES string of the molecule is CC1=C(C(C)C)C(C(C)C)c2cccc3cccc1c23. The van der Waals surface area contributed by atoms with Crippen molar-refractivity contribution >= 4 is 16.3 Å². The molecule has 0 bridgehead atoms. The van der Waals surface area contributed by atoms with Gasteiger partial charge in [-0.15, -0.1) is 0 Å². The van der Waals surface area contributed by atoms with Crippen LogP contribution in [-0.2, 0) is 0 Å². The molecule has 0 amide bonds. The van der Waals surface area contributed by atoms with Gasteiger partial charge in [-0.2, -0.15) is 0 Å². The lowest BCUT2D eigenvalue weighted by atomic mass is 9.69. The van der Waals surface area contributed by atoms with Crippen LogP contribution in [0.1, 0.15) is 51.7 Å². The Hall–Kier alpha value is -1.56. The molecule has 1 unspecified atom stereocenters. The molecular weight excluding hydrogens is 240 g/mol. The normalized spacial score (nSPS) is 18.4. The summed E-state index contributed by atoms with van der Waals surface area (Å²) in [7, 11) is 0. The lowest BCUT2D eigenvalue weighted by Gasteiger charge is -2.35. The third kappa shape index (κ3) is 1.82. The molecule has 0 heteroatoms. The molecule has 0 spiro atoms. The first-order valence-corrected chi connectivity index (χ1v) is 7.75. The maximum atomic E-state index is 2.35. The van der Waals surface area contributed by atoms with E-state index in [0.717, 1.165) is 0 Å². The molecule has 0 aliphatic heterocycles. The molecule has 0 fully saturated rings. The van der Waals surface area contributed by atoms with Crippen LogP contribution in [0.25, 0.3) is 16.3 Å². The Kier molecular flexibility index (Phi) is 3.20. The van der Waals surface area contributed by atoms with Crippen molar-refractivity contribution in [3.63, 3.8) is 0 Å². The fourth-order valence-corrected chi connectivity index (χ4v) is 4.01. The van der Waals surface area contributed by atoms with Gasteiger partial charge in [-0.3, -0.25) is 0 Å². The average Bonchev–Trinajstić information content (AvgIpc) is 2.41. The first kappa shape index (κ1) is 13.4. The fraction of sp³-hybridized carbons (Fsp3) is 0.400. The molecule has 0 saturated carbocycles. The molecule has 1 aliphatic rings. The average molecular weight is 264 g/mol. The Bertz CT molecular complexity index is 681. The predicted molar refractivity (Wildman–Crippen MR) is 89.0 cm³/mol. The van der Waals surface area contributed by atoms with E-state index in [0.29, 0.717) is 17.8 Å². The zero-order valence-corrected chi connectivity index (χ0v) is 13.2. The van der Waals surface area contributed by atoms with E-state index < -0.39 is 0 Å². The van der Waals surface area contributed by atoms with Crippen LogP contribution >= 0.6 is 0 Å². The number of hydrogen-bond donors (Lipinski definition) is 0. The highest BCUT2D eigenvalue weighted by molar-refractivity contribution is 5.99. The summed E-state index contributed by atoms with van der Waals surface area (Å²) < 4.78 is 0. The van der Waals surface area contributed by atoms with Crippen molar-refractivity contribution < 1.29 is 0 Å². The van der Waals surface area contributed by atoms with Gasteiger partial charge in [0.05, 0.1) is 0 Å². The van der Waals surface area contributed by atoms with Crippen molar-refractivity contribution in [1.82, 2.24) is 0 Å². The number of rotatable bonds is 2. The second-order valence-electron chi connectivity index (χ2n) is 6.71. The topological polar surface area (TPSA) is 0 Å². The lowest BCUT2D eigenvalue weighted by Crippen LogP contribution is -2.19. The predicted octanol–water partition coefficient (Wildman–Crippen LogP) is 6.02. The van der Waals surface area contributed by atoms with Crippen LogP contribution in [0, 0.1) is 11.8 Å². The monoisotopic (exact) mass is 264 g/mol. The lowest BCUT2D eigenvalue weighted by molar-refractivity contribution is 0.513. The maximum absolute atomic E-state index is 2.35. The molecule has 3 rings (SSSR count). The van der Waals surface area contributed by atoms with E-state index >= 15 is 0 Å². The highest BCUT2D eigenvalue weighted by Crippen LogP contribution is 2.48. The largest absolute Gasteiger partial charge is 0.0619 e. The summed E-state index contributed by atoms with van der Waals surface area (Å²) in [5.74, 6) is 1.81. The summed E-state index contributed by atoms with van der Waals surface area (Å²) in [6, 6.07) is 13.5. The van der Waals surface area contributed by atoms with Crippen molar-refractivity contribution in [1.29, 1.82) is 0 Å². The van der Waals surface area contributed by atoms with Crippen LogP contribution in [0.15, 0.2) is 42.0 Å². The molecule has 0 saturated heterocycles. The summed E-state index contributed by atoms with van der Waals surface area (Å²) >= 11 is 0. The quantitative estimate of drug-likeness (QED) is 0.622. The fourth-order valence-electron chi connectivity index (χ4n) is 4.01. The summed E-state index contributed by atoms with van der Waals surface area (Å²) in [4.78, 5) is 0. The van der Waals surface area contributed by atoms with Crippen LogP contribution < -0.4 is 0 Å². The highest BCUT2D eigenvalue weighted by Gasteiger charge is 2.30. The summed E-state index contributed by atoms with van der Waals surface area (Å²) in [6.07, 6.45) is 0. The minimum Gasteiger partial charge on any atom is -0.0619 e. The van der Waals surface area contributed by atoms with Crippen molar-refractivity contribution in [2.24, 2.45) is 11.8 Å². The third-order valence-corrected chi connectivity index (χ3v) is 4.73. The van der Waals surface area contributed by atoms with E-state index in [1.807, 2.05) is 0 Å². The van der Waals surface area contributed by atoms with E-state index in [1.165, 1.54) is 27.5 Å². The minimum atomic E-state index is 0.564. The van der Waals surface area contributed by atoms with Crippen LogP contribution in [0.4, 0.5) is 0 Å². The Morgan fingerprint density at radius 1 is 0.900 bits per heavy atom. The van der Waals surface area contributed by atoms with E-state index in [4.69, 9.17) is 0 Å². The molecular formula is C20H24. The molecule has 0 aromatic heterocycles. The van der Waals surface area contributed by atoms with Crippen molar-refractivity contribution in [2.45, 2.75) is 40.5 Å². The molecule has 0 heterocycles. The summed E-state index contributed by atoms with van der Waals surface area (Å²) in [5, 5.41) is 2.86. The van der Waals surface area contributed by atoms with E-state index in [9.17, 15) is 0 Å². The number of hydrogen-bond acceptors (Lipinski definition) is 0. The zero-order valence-electron chi connectivity index (χ0n) is 13.2. The van der Waals surface area contributed by atoms with Crippen LogP contribution in [-0.4, -0.2) is 0 Å². The summed E-state index contributed by atoms with van der Waals surface area (Å²) in [5.41, 5.74) is 6.11. The van der Waals surface area contributed by atoms with E-state index in [2.05, 4.69) is 71.0 Å². The Morgan fingerprint density at radius 3 is 2.15 bits per heavy atom. The second kappa shape index (κ2) is 4.77. The first-order valence-electron chi connectivity index (χ1n) is 7.75. The van der Waals surface area contributed by atoms with Gasteiger partial charge in [0, 0.05) is 5.92 Å². The second-order valence-corrected chi connectivity index (χ2v) is 6.71. The maximum Gasteiger partial charge on any atom is 0.00860 e. The molecule has 0 nitrogen and oxygen atoms in total. The van der Waals surface area contributed by atoms with Gasteiger partial charge in [0.1, 0.15) is 0 Å². The zero-order chi connectivity index (χ0) is 14.4. The number of allylic oxidation sites excluding steroid dienone is 2. The van der Waals surface area contributed by atoms with Crippen LogP contribution in [0.3, 0.4) is 0 Å². The molecule has 0 radical (unpaired) electrons. The molecule has 20 heavy (non-hydrogen) atoms. The van der Waals surface area contributed by atoms with Gasteiger partial charge in [0.15, 0.2) is 0 Å². The standard InChI is InChI=1S/C20H24/c1-12(2)18-14(5)16-10-6-8-15-9-7-11-17(20(15)16)19(18)13(3)4/h6-13,19H,1-5H3. The van der Waals surface area contributed by atoms with Gasteiger partial charge in [0.2, 0.25) is 0 Å². The van der Waals surface area contributed by atoms with Gasteiger partial charge in [-0.05, 0) is 46.2 Å². The van der Waals surface area contributed by atoms with Gasteiger partial charge < -0.3 is 0 Å². The first-order chi connectivity index (χ1) is 9.52. The molecule has 104 valence electrons. The Balaban J connectivity index is 2.42. The van der Waals surface area contributed by atoms with Crippen molar-refractivity contribution in [3.05, 3.63) is 53.1 Å². The van der Waals surface area contributed by atoms with E-state index in [1.54, 1.807) is 5.57 Å². The Labute approximate surface area is 122 Å². The summed E-state index contributed by atoms with van der Waals surface area (Å²) in [6.45, 7) is 11.7. The van der Waals surface area contributed by atoms with Gasteiger partial charge in [-0.25, -0.2) is 0 Å². The smallest absolute Gasteiger partial charge is 0.00860 e.